The first-order chi connectivity index (χ1) is 6.62. The fraction of sp³-hybridized carbons (Fsp3) is 0.400. The van der Waals surface area contributed by atoms with E-state index >= 15 is 0 Å². The van der Waals surface area contributed by atoms with Crippen LogP contribution >= 0.6 is 0 Å². The van der Waals surface area contributed by atoms with Gasteiger partial charge < -0.3 is 5.73 Å². The third-order valence-electron chi connectivity index (χ3n) is 2.03. The smallest absolute Gasteiger partial charge is 0.272 e. The summed E-state index contributed by atoms with van der Waals surface area (Å²) in [5, 5.41) is 0. The molecule has 0 saturated heterocycles. The highest BCUT2D eigenvalue weighted by atomic mass is 19.3. The van der Waals surface area contributed by atoms with Gasteiger partial charge in [0.25, 0.3) is 11.8 Å². The number of nitrogens with two attached hydrogens (primary N) is 1. The van der Waals surface area contributed by atoms with Gasteiger partial charge in [-0.3, -0.25) is 0 Å². The number of hydrogen-bond donors (Lipinski definition) is 1. The SMILES string of the molecule is CC(F)(F)c1ccc(N)c(C(C)(F)F)c1. The molecule has 1 aromatic rings. The van der Waals surface area contributed by atoms with Crippen LogP contribution in [-0.2, 0) is 11.8 Å². The molecule has 5 heteroatoms. The van der Waals surface area contributed by atoms with Crippen LogP contribution < -0.4 is 5.73 Å². The fourth-order valence-corrected chi connectivity index (χ4v) is 1.21. The molecule has 0 heterocycles. The van der Waals surface area contributed by atoms with Crippen LogP contribution in [0.4, 0.5) is 23.2 Å². The summed E-state index contributed by atoms with van der Waals surface area (Å²) >= 11 is 0. The van der Waals surface area contributed by atoms with Crippen molar-refractivity contribution in [2.24, 2.45) is 0 Å². The molecule has 1 rings (SSSR count). The summed E-state index contributed by atoms with van der Waals surface area (Å²) in [5.74, 6) is -6.36. The third-order valence-corrected chi connectivity index (χ3v) is 2.03. The number of alkyl halides is 4. The van der Waals surface area contributed by atoms with Gasteiger partial charge in [0.15, 0.2) is 0 Å². The van der Waals surface area contributed by atoms with Crippen LogP contribution in [0.5, 0.6) is 0 Å². The minimum Gasteiger partial charge on any atom is -0.398 e. The van der Waals surface area contributed by atoms with Gasteiger partial charge in [0, 0.05) is 30.7 Å². The molecule has 0 aliphatic carbocycles. The Morgan fingerprint density at radius 1 is 1.00 bits per heavy atom. The van der Waals surface area contributed by atoms with Crippen molar-refractivity contribution >= 4 is 5.69 Å². The first-order valence-corrected chi connectivity index (χ1v) is 4.28. The van der Waals surface area contributed by atoms with Crippen LogP contribution in [0.3, 0.4) is 0 Å². The van der Waals surface area contributed by atoms with Gasteiger partial charge in [-0.05, 0) is 12.1 Å². The Morgan fingerprint density at radius 3 is 1.93 bits per heavy atom. The molecule has 0 aliphatic heterocycles. The van der Waals surface area contributed by atoms with Crippen LogP contribution in [0.2, 0.25) is 0 Å². The van der Waals surface area contributed by atoms with Gasteiger partial charge in [0.1, 0.15) is 0 Å². The van der Waals surface area contributed by atoms with E-state index in [1.807, 2.05) is 0 Å². The summed E-state index contributed by atoms with van der Waals surface area (Å²) in [6.07, 6.45) is 0. The average molecular weight is 221 g/mol. The van der Waals surface area contributed by atoms with E-state index < -0.39 is 23.0 Å². The number of rotatable bonds is 2. The Hall–Kier alpha value is -1.26. The Morgan fingerprint density at radius 2 is 1.53 bits per heavy atom. The number of anilines is 1. The highest BCUT2D eigenvalue weighted by Crippen LogP contribution is 2.36. The molecule has 0 radical (unpaired) electrons. The zero-order chi connectivity index (χ0) is 11.9. The fourth-order valence-electron chi connectivity index (χ4n) is 1.21. The van der Waals surface area contributed by atoms with E-state index in [4.69, 9.17) is 5.73 Å². The maximum atomic E-state index is 13.0. The van der Waals surface area contributed by atoms with E-state index in [0.717, 1.165) is 18.2 Å². The first-order valence-electron chi connectivity index (χ1n) is 4.28. The Kier molecular flexibility index (Phi) is 2.67. The summed E-state index contributed by atoms with van der Waals surface area (Å²) in [6.45, 7) is 1.27. The first kappa shape index (κ1) is 11.8. The molecule has 2 N–H and O–H groups in total. The standard InChI is InChI=1S/C10H11F4N/c1-9(11,12)6-3-4-8(15)7(5-6)10(2,13)14/h3-5H,15H2,1-2H3. The van der Waals surface area contributed by atoms with Crippen LogP contribution in [0.25, 0.3) is 0 Å². The topological polar surface area (TPSA) is 26.0 Å². The van der Waals surface area contributed by atoms with E-state index in [2.05, 4.69) is 0 Å². The lowest BCUT2D eigenvalue weighted by atomic mass is 10.0. The zero-order valence-electron chi connectivity index (χ0n) is 8.32. The second kappa shape index (κ2) is 3.40. The van der Waals surface area contributed by atoms with Gasteiger partial charge in [-0.25, -0.2) is 17.6 Å². The lowest BCUT2D eigenvalue weighted by molar-refractivity contribution is 0.0111. The predicted octanol–water partition coefficient (Wildman–Crippen LogP) is 3.49. The maximum absolute atomic E-state index is 13.0. The van der Waals surface area contributed by atoms with Crippen LogP contribution in [-0.4, -0.2) is 0 Å². The van der Waals surface area contributed by atoms with E-state index in [1.165, 1.54) is 0 Å². The Labute approximate surface area is 84.9 Å². The van der Waals surface area contributed by atoms with Crippen molar-refractivity contribution in [3.8, 4) is 0 Å². The van der Waals surface area contributed by atoms with Crippen molar-refractivity contribution in [3.05, 3.63) is 29.3 Å². The molecular formula is C10H11F4N. The van der Waals surface area contributed by atoms with Crippen molar-refractivity contribution in [1.82, 2.24) is 0 Å². The molecule has 0 aromatic heterocycles. The summed E-state index contributed by atoms with van der Waals surface area (Å²) in [4.78, 5) is 0. The van der Waals surface area contributed by atoms with Crippen LogP contribution in [0.1, 0.15) is 25.0 Å². The Balaban J connectivity index is 3.30. The average Bonchev–Trinajstić information content (AvgIpc) is 2.00. The normalized spacial score (nSPS) is 12.9. The van der Waals surface area contributed by atoms with Gasteiger partial charge in [0.2, 0.25) is 0 Å². The molecule has 0 saturated carbocycles. The maximum Gasteiger partial charge on any atom is 0.272 e. The van der Waals surface area contributed by atoms with Crippen molar-refractivity contribution in [1.29, 1.82) is 0 Å². The molecular weight excluding hydrogens is 210 g/mol. The van der Waals surface area contributed by atoms with Gasteiger partial charge in [-0.1, -0.05) is 6.07 Å². The number of halogens is 4. The molecule has 0 unspecified atom stereocenters. The van der Waals surface area contributed by atoms with Crippen molar-refractivity contribution in [2.45, 2.75) is 25.7 Å². The van der Waals surface area contributed by atoms with Crippen LogP contribution in [0.15, 0.2) is 18.2 Å². The van der Waals surface area contributed by atoms with Crippen molar-refractivity contribution in [2.75, 3.05) is 5.73 Å². The Bertz CT molecular complexity index is 363. The lowest BCUT2D eigenvalue weighted by Crippen LogP contribution is -2.14. The monoisotopic (exact) mass is 221 g/mol. The molecule has 1 aromatic carbocycles. The highest BCUT2D eigenvalue weighted by Gasteiger charge is 2.31. The second-order valence-corrected chi connectivity index (χ2v) is 3.58. The number of hydrogen-bond acceptors (Lipinski definition) is 1. The summed E-state index contributed by atoms with van der Waals surface area (Å²) in [6, 6.07) is 2.86. The molecule has 84 valence electrons. The highest BCUT2D eigenvalue weighted by molar-refractivity contribution is 5.51. The van der Waals surface area contributed by atoms with Crippen molar-refractivity contribution in [3.63, 3.8) is 0 Å². The van der Waals surface area contributed by atoms with Crippen molar-refractivity contribution < 1.29 is 17.6 Å². The molecule has 1 nitrogen and oxygen atoms in total. The second-order valence-electron chi connectivity index (χ2n) is 3.58. The summed E-state index contributed by atoms with van der Waals surface area (Å²) in [7, 11) is 0. The molecule has 15 heavy (non-hydrogen) atoms. The summed E-state index contributed by atoms with van der Waals surface area (Å²) in [5.41, 5.74) is 4.08. The van der Waals surface area contributed by atoms with Crippen LogP contribution in [0, 0.1) is 0 Å². The van der Waals surface area contributed by atoms with Gasteiger partial charge in [0.05, 0.1) is 0 Å². The van der Waals surface area contributed by atoms with E-state index in [9.17, 15) is 17.6 Å². The van der Waals surface area contributed by atoms with Gasteiger partial charge >= 0.3 is 0 Å². The van der Waals surface area contributed by atoms with Gasteiger partial charge in [-0.2, -0.15) is 0 Å². The number of nitrogen functional groups attached to an aromatic ring is 1. The predicted molar refractivity (Wildman–Crippen MR) is 50.0 cm³/mol. The third kappa shape index (κ3) is 2.61. The molecule has 0 amide bonds. The molecule has 0 aliphatic rings. The zero-order valence-corrected chi connectivity index (χ0v) is 8.32. The molecule has 0 fully saturated rings. The quantitative estimate of drug-likeness (QED) is 0.600. The van der Waals surface area contributed by atoms with E-state index in [-0.39, 0.29) is 5.69 Å². The van der Waals surface area contributed by atoms with E-state index in [1.54, 1.807) is 0 Å². The summed E-state index contributed by atoms with van der Waals surface area (Å²) < 4.78 is 51.7. The van der Waals surface area contributed by atoms with E-state index in [0.29, 0.717) is 13.8 Å². The molecule has 0 bridgehead atoms. The molecule has 0 atom stereocenters. The number of benzene rings is 1. The minimum atomic E-state index is -3.22. The van der Waals surface area contributed by atoms with Gasteiger partial charge in [-0.15, -0.1) is 0 Å². The largest absolute Gasteiger partial charge is 0.398 e. The minimum absolute atomic E-state index is 0.185. The lowest BCUT2D eigenvalue weighted by Gasteiger charge is -2.17. The molecule has 0 spiro atoms.